The SMILES string of the molecule is O=C(c1ccccc1-c1ccccc1)N1CCCC[C@@H]1CCn1ccnc1. The van der Waals surface area contributed by atoms with Crippen LogP contribution < -0.4 is 0 Å². The van der Waals surface area contributed by atoms with Crippen LogP contribution in [-0.2, 0) is 6.54 Å². The molecule has 0 N–H and O–H groups in total. The molecular weight excluding hydrogens is 334 g/mol. The number of nitrogens with zero attached hydrogens (tertiary/aromatic N) is 3. The number of likely N-dealkylation sites (tertiary alicyclic amines) is 1. The maximum absolute atomic E-state index is 13.5. The lowest BCUT2D eigenvalue weighted by atomic mass is 9.95. The lowest BCUT2D eigenvalue weighted by molar-refractivity contribution is 0.0596. The minimum absolute atomic E-state index is 0.157. The Morgan fingerprint density at radius 1 is 1.04 bits per heavy atom. The van der Waals surface area contributed by atoms with Crippen molar-refractivity contribution in [2.45, 2.75) is 38.3 Å². The van der Waals surface area contributed by atoms with Crippen molar-refractivity contribution in [3.8, 4) is 11.1 Å². The molecule has 0 bridgehead atoms. The molecule has 2 aromatic carbocycles. The minimum Gasteiger partial charge on any atom is -0.337 e. The highest BCUT2D eigenvalue weighted by Crippen LogP contribution is 2.28. The van der Waals surface area contributed by atoms with Crippen LogP contribution in [0.15, 0.2) is 73.3 Å². The third-order valence-corrected chi connectivity index (χ3v) is 5.41. The van der Waals surface area contributed by atoms with Crippen LogP contribution in [0.4, 0.5) is 0 Å². The van der Waals surface area contributed by atoms with Gasteiger partial charge in [0.15, 0.2) is 0 Å². The zero-order chi connectivity index (χ0) is 18.5. The van der Waals surface area contributed by atoms with Crippen molar-refractivity contribution in [1.82, 2.24) is 14.5 Å². The van der Waals surface area contributed by atoms with E-state index >= 15 is 0 Å². The maximum Gasteiger partial charge on any atom is 0.254 e. The summed E-state index contributed by atoms with van der Waals surface area (Å²) in [7, 11) is 0. The quantitative estimate of drug-likeness (QED) is 0.666. The minimum atomic E-state index is 0.157. The molecule has 1 aromatic heterocycles. The number of hydrogen-bond donors (Lipinski definition) is 0. The van der Waals surface area contributed by atoms with Crippen LogP contribution in [0.25, 0.3) is 11.1 Å². The fraction of sp³-hybridized carbons (Fsp3) is 0.304. The van der Waals surface area contributed by atoms with Crippen LogP contribution in [0, 0.1) is 0 Å². The lowest BCUT2D eigenvalue weighted by Crippen LogP contribution is -2.44. The molecule has 4 nitrogen and oxygen atoms in total. The smallest absolute Gasteiger partial charge is 0.254 e. The van der Waals surface area contributed by atoms with Crippen molar-refractivity contribution in [2.75, 3.05) is 6.54 Å². The monoisotopic (exact) mass is 359 g/mol. The van der Waals surface area contributed by atoms with E-state index in [-0.39, 0.29) is 11.9 Å². The first-order valence-corrected chi connectivity index (χ1v) is 9.74. The number of piperidine rings is 1. The molecule has 4 rings (SSSR count). The first-order chi connectivity index (χ1) is 13.3. The standard InChI is InChI=1S/C23H25N3O/c27-23(22-12-5-4-11-21(22)19-8-2-1-3-9-19)26-15-7-6-10-20(26)13-16-25-17-14-24-18-25/h1-5,8-9,11-12,14,17-18,20H,6-7,10,13,15-16H2/t20-/m1/s1. The molecular formula is C23H25N3O. The highest BCUT2D eigenvalue weighted by Gasteiger charge is 2.28. The summed E-state index contributed by atoms with van der Waals surface area (Å²) in [5.41, 5.74) is 2.91. The molecule has 1 aliphatic rings. The van der Waals surface area contributed by atoms with Gasteiger partial charge in [0, 0.05) is 37.1 Å². The van der Waals surface area contributed by atoms with Crippen LogP contribution in [0.2, 0.25) is 0 Å². The highest BCUT2D eigenvalue weighted by molar-refractivity contribution is 6.01. The van der Waals surface area contributed by atoms with Crippen LogP contribution >= 0.6 is 0 Å². The van der Waals surface area contributed by atoms with Gasteiger partial charge in [-0.1, -0.05) is 48.5 Å². The Kier molecular flexibility index (Phi) is 5.33. The predicted molar refractivity (Wildman–Crippen MR) is 107 cm³/mol. The number of carbonyl (C=O) groups excluding carboxylic acids is 1. The number of imidazole rings is 1. The van der Waals surface area contributed by atoms with E-state index in [1.165, 1.54) is 6.42 Å². The van der Waals surface area contributed by atoms with Gasteiger partial charge in [-0.15, -0.1) is 0 Å². The third-order valence-electron chi connectivity index (χ3n) is 5.41. The fourth-order valence-electron chi connectivity index (χ4n) is 3.98. The van der Waals surface area contributed by atoms with Gasteiger partial charge < -0.3 is 9.47 Å². The predicted octanol–water partition coefficient (Wildman–Crippen LogP) is 4.64. The number of benzene rings is 2. The lowest BCUT2D eigenvalue weighted by Gasteiger charge is -2.36. The number of hydrogen-bond acceptors (Lipinski definition) is 2. The average Bonchev–Trinajstić information content (AvgIpc) is 3.26. The van der Waals surface area contributed by atoms with E-state index in [0.29, 0.717) is 0 Å². The number of carbonyl (C=O) groups is 1. The summed E-state index contributed by atoms with van der Waals surface area (Å²) in [6, 6.07) is 18.5. The Balaban J connectivity index is 1.57. The molecule has 3 aromatic rings. The molecule has 1 saturated heterocycles. The van der Waals surface area contributed by atoms with Gasteiger partial charge in [0.1, 0.15) is 0 Å². The topological polar surface area (TPSA) is 38.1 Å². The first kappa shape index (κ1) is 17.5. The Bertz CT molecular complexity index is 874. The zero-order valence-corrected chi connectivity index (χ0v) is 15.5. The number of aromatic nitrogens is 2. The molecule has 4 heteroatoms. The summed E-state index contributed by atoms with van der Waals surface area (Å²) in [4.78, 5) is 19.7. The second kappa shape index (κ2) is 8.21. The van der Waals surface area contributed by atoms with E-state index in [1.807, 2.05) is 55.0 Å². The zero-order valence-electron chi connectivity index (χ0n) is 15.5. The van der Waals surface area contributed by atoms with E-state index in [4.69, 9.17) is 0 Å². The number of amides is 1. The molecule has 1 atom stereocenters. The molecule has 1 fully saturated rings. The second-order valence-corrected chi connectivity index (χ2v) is 7.15. The van der Waals surface area contributed by atoms with Gasteiger partial charge >= 0.3 is 0 Å². The highest BCUT2D eigenvalue weighted by atomic mass is 16.2. The van der Waals surface area contributed by atoms with Crippen LogP contribution in [0.3, 0.4) is 0 Å². The average molecular weight is 359 g/mol. The van der Waals surface area contributed by atoms with Gasteiger partial charge in [-0.3, -0.25) is 4.79 Å². The second-order valence-electron chi connectivity index (χ2n) is 7.15. The summed E-state index contributed by atoms with van der Waals surface area (Å²) in [6.45, 7) is 1.74. The molecule has 27 heavy (non-hydrogen) atoms. The molecule has 2 heterocycles. The van der Waals surface area contributed by atoms with Gasteiger partial charge in [-0.05, 0) is 42.9 Å². The Hall–Kier alpha value is -2.88. The van der Waals surface area contributed by atoms with Crippen molar-refractivity contribution >= 4 is 5.91 Å². The van der Waals surface area contributed by atoms with Gasteiger partial charge in [0.25, 0.3) is 5.91 Å². The van der Waals surface area contributed by atoms with E-state index < -0.39 is 0 Å². The van der Waals surface area contributed by atoms with E-state index in [2.05, 4.69) is 26.6 Å². The van der Waals surface area contributed by atoms with Crippen molar-refractivity contribution in [3.05, 3.63) is 78.9 Å². The summed E-state index contributed by atoms with van der Waals surface area (Å²) >= 11 is 0. The molecule has 0 saturated carbocycles. The van der Waals surface area contributed by atoms with Crippen LogP contribution in [0.1, 0.15) is 36.0 Å². The van der Waals surface area contributed by atoms with Crippen LogP contribution in [-0.4, -0.2) is 32.9 Å². The molecule has 0 spiro atoms. The summed E-state index contributed by atoms with van der Waals surface area (Å²) in [5.74, 6) is 0.157. The molecule has 0 unspecified atom stereocenters. The maximum atomic E-state index is 13.5. The Morgan fingerprint density at radius 2 is 1.85 bits per heavy atom. The molecule has 1 amide bonds. The van der Waals surface area contributed by atoms with E-state index in [9.17, 15) is 4.79 Å². The molecule has 1 aliphatic heterocycles. The van der Waals surface area contributed by atoms with Crippen molar-refractivity contribution < 1.29 is 4.79 Å². The van der Waals surface area contributed by atoms with Crippen molar-refractivity contribution in [3.63, 3.8) is 0 Å². The Labute approximate surface area is 160 Å². The fourth-order valence-corrected chi connectivity index (χ4v) is 3.98. The third kappa shape index (κ3) is 3.95. The molecule has 0 radical (unpaired) electrons. The molecule has 0 aliphatic carbocycles. The van der Waals surface area contributed by atoms with E-state index in [1.54, 1.807) is 6.20 Å². The van der Waals surface area contributed by atoms with Gasteiger partial charge in [-0.25, -0.2) is 4.98 Å². The summed E-state index contributed by atoms with van der Waals surface area (Å²) in [6.07, 6.45) is 9.96. The Morgan fingerprint density at radius 3 is 2.67 bits per heavy atom. The van der Waals surface area contributed by atoms with Gasteiger partial charge in [-0.2, -0.15) is 0 Å². The first-order valence-electron chi connectivity index (χ1n) is 9.74. The van der Waals surface area contributed by atoms with Gasteiger partial charge in [0.2, 0.25) is 0 Å². The normalized spacial score (nSPS) is 17.0. The van der Waals surface area contributed by atoms with Crippen LogP contribution in [0.5, 0.6) is 0 Å². The number of rotatable bonds is 5. The molecule has 138 valence electrons. The van der Waals surface area contributed by atoms with E-state index in [0.717, 1.165) is 49.0 Å². The largest absolute Gasteiger partial charge is 0.337 e. The van der Waals surface area contributed by atoms with Crippen molar-refractivity contribution in [2.24, 2.45) is 0 Å². The summed E-state index contributed by atoms with van der Waals surface area (Å²) in [5, 5.41) is 0. The summed E-state index contributed by atoms with van der Waals surface area (Å²) < 4.78 is 2.09. The van der Waals surface area contributed by atoms with Crippen molar-refractivity contribution in [1.29, 1.82) is 0 Å². The number of aryl methyl sites for hydroxylation is 1. The van der Waals surface area contributed by atoms with Gasteiger partial charge in [0.05, 0.1) is 6.33 Å².